The molecule has 4 rings (SSSR count). The van der Waals surface area contributed by atoms with Gasteiger partial charge in [0.25, 0.3) is 5.91 Å². The molecule has 0 radical (unpaired) electrons. The Morgan fingerprint density at radius 1 is 1.12 bits per heavy atom. The smallest absolute Gasteiger partial charge is 0.355 e. The van der Waals surface area contributed by atoms with E-state index in [1.165, 1.54) is 40.7 Å². The van der Waals surface area contributed by atoms with Gasteiger partial charge < -0.3 is 20.9 Å². The largest absolute Gasteiger partial charge is 0.416 e. The molecule has 4 N–H and O–H groups in total. The van der Waals surface area contributed by atoms with Gasteiger partial charge in [-0.1, -0.05) is 6.07 Å². The van der Waals surface area contributed by atoms with E-state index in [4.69, 9.17) is 5.73 Å². The fraction of sp³-hybridized carbons (Fsp3) is 0.0909. The zero-order valence-electron chi connectivity index (χ0n) is 16.6. The molecule has 0 spiro atoms. The number of anilines is 3. The SMILES string of the molecule is NCc1ccc(NC(=O)c2cc(-n3ccnc3)cc(C(F)(F)F)c2)cc1Nc1ccsc1. The van der Waals surface area contributed by atoms with Crippen LogP contribution in [0.2, 0.25) is 0 Å². The van der Waals surface area contributed by atoms with Crippen LogP contribution in [0.4, 0.5) is 30.2 Å². The Bertz CT molecular complexity index is 1220. The second-order valence-electron chi connectivity index (χ2n) is 6.90. The lowest BCUT2D eigenvalue weighted by molar-refractivity contribution is -0.137. The second-order valence-corrected chi connectivity index (χ2v) is 7.68. The van der Waals surface area contributed by atoms with Gasteiger partial charge in [0.1, 0.15) is 0 Å². The minimum absolute atomic E-state index is 0.126. The number of nitrogens with zero attached hydrogens (tertiary/aromatic N) is 2. The summed E-state index contributed by atoms with van der Waals surface area (Å²) in [6.45, 7) is 0.280. The third-order valence-electron chi connectivity index (χ3n) is 4.70. The van der Waals surface area contributed by atoms with Gasteiger partial charge in [-0.15, -0.1) is 0 Å². The first-order valence-electron chi connectivity index (χ1n) is 9.47. The molecular weight excluding hydrogens is 439 g/mol. The fourth-order valence-electron chi connectivity index (χ4n) is 3.11. The number of amides is 1. The van der Waals surface area contributed by atoms with Crippen LogP contribution in [0.25, 0.3) is 5.69 Å². The van der Waals surface area contributed by atoms with Gasteiger partial charge in [-0.05, 0) is 47.3 Å². The van der Waals surface area contributed by atoms with E-state index in [0.717, 1.165) is 23.4 Å². The summed E-state index contributed by atoms with van der Waals surface area (Å²) >= 11 is 1.53. The first-order chi connectivity index (χ1) is 15.3. The maximum absolute atomic E-state index is 13.4. The molecule has 2 aromatic heterocycles. The molecule has 0 aliphatic rings. The Kier molecular flexibility index (Phi) is 5.97. The van der Waals surface area contributed by atoms with Crippen molar-refractivity contribution in [1.82, 2.24) is 9.55 Å². The summed E-state index contributed by atoms with van der Waals surface area (Å²) in [7, 11) is 0. The number of nitrogens with two attached hydrogens (primary N) is 1. The Balaban J connectivity index is 1.64. The summed E-state index contributed by atoms with van der Waals surface area (Å²) in [4.78, 5) is 16.7. The number of hydrogen-bond acceptors (Lipinski definition) is 5. The first kappa shape index (κ1) is 21.6. The van der Waals surface area contributed by atoms with Crippen molar-refractivity contribution in [3.63, 3.8) is 0 Å². The molecule has 32 heavy (non-hydrogen) atoms. The molecule has 0 bridgehead atoms. The predicted molar refractivity (Wildman–Crippen MR) is 118 cm³/mol. The van der Waals surface area contributed by atoms with Crippen molar-refractivity contribution >= 4 is 34.3 Å². The number of carbonyl (C=O) groups is 1. The highest BCUT2D eigenvalue weighted by Gasteiger charge is 2.32. The number of thiophene rings is 1. The maximum atomic E-state index is 13.4. The zero-order valence-corrected chi connectivity index (χ0v) is 17.4. The van der Waals surface area contributed by atoms with E-state index >= 15 is 0 Å². The topological polar surface area (TPSA) is 85.0 Å². The van der Waals surface area contributed by atoms with Gasteiger partial charge in [-0.2, -0.15) is 24.5 Å². The Morgan fingerprint density at radius 2 is 1.97 bits per heavy atom. The number of hydrogen-bond donors (Lipinski definition) is 3. The van der Waals surface area contributed by atoms with Gasteiger partial charge in [0, 0.05) is 52.6 Å². The van der Waals surface area contributed by atoms with Crippen LogP contribution in [0.1, 0.15) is 21.5 Å². The number of halogens is 3. The van der Waals surface area contributed by atoms with E-state index < -0.39 is 17.6 Å². The molecular formula is C22H18F3N5OS. The van der Waals surface area contributed by atoms with E-state index in [1.54, 1.807) is 18.2 Å². The van der Waals surface area contributed by atoms with Crippen LogP contribution < -0.4 is 16.4 Å². The summed E-state index contributed by atoms with van der Waals surface area (Å²) < 4.78 is 41.7. The van der Waals surface area contributed by atoms with Crippen molar-refractivity contribution in [1.29, 1.82) is 0 Å². The molecule has 0 aliphatic carbocycles. The number of carbonyl (C=O) groups excluding carboxylic acids is 1. The van der Waals surface area contributed by atoms with Crippen LogP contribution in [-0.4, -0.2) is 15.5 Å². The minimum Gasteiger partial charge on any atom is -0.355 e. The van der Waals surface area contributed by atoms with Crippen molar-refractivity contribution in [2.24, 2.45) is 5.73 Å². The van der Waals surface area contributed by atoms with E-state index in [9.17, 15) is 18.0 Å². The highest BCUT2D eigenvalue weighted by molar-refractivity contribution is 7.08. The molecule has 0 saturated carbocycles. The molecule has 2 aromatic carbocycles. The fourth-order valence-corrected chi connectivity index (χ4v) is 3.70. The van der Waals surface area contributed by atoms with Crippen LogP contribution >= 0.6 is 11.3 Å². The highest BCUT2D eigenvalue weighted by atomic mass is 32.1. The van der Waals surface area contributed by atoms with Crippen LogP contribution in [0.15, 0.2) is 71.9 Å². The highest BCUT2D eigenvalue weighted by Crippen LogP contribution is 2.32. The summed E-state index contributed by atoms with van der Waals surface area (Å²) in [5, 5.41) is 9.75. The van der Waals surface area contributed by atoms with Crippen molar-refractivity contribution in [3.05, 3.63) is 88.6 Å². The molecule has 0 atom stereocenters. The van der Waals surface area contributed by atoms with Gasteiger partial charge in [-0.3, -0.25) is 4.79 Å². The predicted octanol–water partition coefficient (Wildman–Crippen LogP) is 5.41. The third kappa shape index (κ3) is 4.82. The summed E-state index contributed by atoms with van der Waals surface area (Å²) in [5.41, 5.74) is 7.76. The van der Waals surface area contributed by atoms with E-state index in [2.05, 4.69) is 15.6 Å². The van der Waals surface area contributed by atoms with Crippen LogP contribution in [-0.2, 0) is 12.7 Å². The van der Waals surface area contributed by atoms with Crippen LogP contribution in [0, 0.1) is 0 Å². The van der Waals surface area contributed by atoms with Crippen molar-refractivity contribution in [3.8, 4) is 5.69 Å². The molecule has 164 valence electrons. The minimum atomic E-state index is -4.61. The van der Waals surface area contributed by atoms with Crippen LogP contribution in [0.5, 0.6) is 0 Å². The summed E-state index contributed by atoms with van der Waals surface area (Å²) in [5.74, 6) is -0.667. The lowest BCUT2D eigenvalue weighted by atomic mass is 10.1. The third-order valence-corrected chi connectivity index (χ3v) is 5.38. The second kappa shape index (κ2) is 8.85. The number of imidazole rings is 1. The Hall–Kier alpha value is -3.63. The van der Waals surface area contributed by atoms with Gasteiger partial charge in [0.15, 0.2) is 0 Å². The van der Waals surface area contributed by atoms with Gasteiger partial charge in [-0.25, -0.2) is 4.98 Å². The van der Waals surface area contributed by atoms with Gasteiger partial charge in [0.05, 0.1) is 11.9 Å². The molecule has 4 aromatic rings. The van der Waals surface area contributed by atoms with E-state index in [1.807, 2.05) is 16.8 Å². The molecule has 10 heteroatoms. The average molecular weight is 457 g/mol. The van der Waals surface area contributed by atoms with Crippen molar-refractivity contribution < 1.29 is 18.0 Å². The van der Waals surface area contributed by atoms with Crippen LogP contribution in [0.3, 0.4) is 0 Å². The Morgan fingerprint density at radius 3 is 2.62 bits per heavy atom. The maximum Gasteiger partial charge on any atom is 0.416 e. The standard InChI is InChI=1S/C22H18F3N5OS/c23-22(24,25)16-7-15(8-19(9-16)30-5-4-27-13-30)21(31)29-17-2-1-14(11-26)20(10-17)28-18-3-6-32-12-18/h1-10,12-13,28H,11,26H2,(H,29,31). The monoisotopic (exact) mass is 457 g/mol. The van der Waals surface area contributed by atoms with Gasteiger partial charge >= 0.3 is 6.18 Å². The first-order valence-corrected chi connectivity index (χ1v) is 10.4. The Labute approximate surface area is 185 Å². The normalized spacial score (nSPS) is 11.4. The molecule has 0 unspecified atom stereocenters. The zero-order chi connectivity index (χ0) is 22.7. The number of rotatable bonds is 6. The van der Waals surface area contributed by atoms with E-state index in [-0.39, 0.29) is 17.8 Å². The lowest BCUT2D eigenvalue weighted by Gasteiger charge is -2.15. The number of nitrogens with one attached hydrogen (secondary N) is 2. The lowest BCUT2D eigenvalue weighted by Crippen LogP contribution is -2.15. The quantitative estimate of drug-likeness (QED) is 0.362. The number of benzene rings is 2. The molecule has 1 amide bonds. The van der Waals surface area contributed by atoms with Gasteiger partial charge in [0.2, 0.25) is 0 Å². The molecule has 2 heterocycles. The molecule has 0 aliphatic heterocycles. The van der Waals surface area contributed by atoms with Crippen molar-refractivity contribution in [2.45, 2.75) is 12.7 Å². The molecule has 6 nitrogen and oxygen atoms in total. The molecule has 0 fully saturated rings. The van der Waals surface area contributed by atoms with Crippen molar-refractivity contribution in [2.75, 3.05) is 10.6 Å². The number of aromatic nitrogens is 2. The number of alkyl halides is 3. The molecule has 0 saturated heterocycles. The summed E-state index contributed by atoms with van der Waals surface area (Å²) in [6.07, 6.45) is -0.288. The summed E-state index contributed by atoms with van der Waals surface area (Å²) in [6, 6.07) is 10.2. The van der Waals surface area contributed by atoms with E-state index in [0.29, 0.717) is 11.4 Å². The average Bonchev–Trinajstić information content (AvgIpc) is 3.47.